The first-order valence-corrected chi connectivity index (χ1v) is 11.1. The van der Waals surface area contributed by atoms with Gasteiger partial charge in [-0.25, -0.2) is 0 Å². The van der Waals surface area contributed by atoms with Gasteiger partial charge in [0, 0.05) is 24.3 Å². The second kappa shape index (κ2) is 10.8. The van der Waals surface area contributed by atoms with Crippen LogP contribution in [0.25, 0.3) is 11.3 Å². The third-order valence-electron chi connectivity index (χ3n) is 5.51. The molecule has 0 spiro atoms. The lowest BCUT2D eigenvalue weighted by Gasteiger charge is -2.19. The number of hydrogen-bond donors (Lipinski definition) is 2. The van der Waals surface area contributed by atoms with Crippen molar-refractivity contribution < 1.29 is 27.8 Å². The summed E-state index contributed by atoms with van der Waals surface area (Å²) in [6, 6.07) is 4.38. The standard InChI is InChI=1S/C23H30F3N3O3/c1-3-5-6-9-17(4-2)27-20-12-15-8-7-10-31-14-16-11-18(32-23(24,25)26)13-19(30)21(16)22(15)29-28-20/h11-13,17,30H,3-10,14H2,1-2H3,(H,27,28)/t17-/m0/s1. The van der Waals surface area contributed by atoms with E-state index in [0.717, 1.165) is 37.3 Å². The van der Waals surface area contributed by atoms with Crippen molar-refractivity contribution in [1.29, 1.82) is 0 Å². The largest absolute Gasteiger partial charge is 0.573 e. The first-order chi connectivity index (χ1) is 15.3. The van der Waals surface area contributed by atoms with Crippen LogP contribution in [0, 0.1) is 0 Å². The van der Waals surface area contributed by atoms with Crippen molar-refractivity contribution in [2.45, 2.75) is 77.8 Å². The summed E-state index contributed by atoms with van der Waals surface area (Å²) in [5.74, 6) is -0.193. The summed E-state index contributed by atoms with van der Waals surface area (Å²) in [7, 11) is 0. The van der Waals surface area contributed by atoms with E-state index in [-0.39, 0.29) is 18.4 Å². The molecule has 1 aliphatic rings. The van der Waals surface area contributed by atoms with E-state index in [9.17, 15) is 18.3 Å². The quantitative estimate of drug-likeness (QED) is 0.479. The molecule has 1 aromatic carbocycles. The lowest BCUT2D eigenvalue weighted by atomic mass is 9.97. The normalized spacial score (nSPS) is 15.0. The van der Waals surface area contributed by atoms with Crippen molar-refractivity contribution in [2.75, 3.05) is 11.9 Å². The molecule has 2 aromatic rings. The Balaban J connectivity index is 1.93. The van der Waals surface area contributed by atoms with Gasteiger partial charge in [0.25, 0.3) is 0 Å². The van der Waals surface area contributed by atoms with Crippen LogP contribution in [0.5, 0.6) is 11.5 Å². The van der Waals surface area contributed by atoms with Crippen LogP contribution in [-0.4, -0.2) is 34.3 Å². The molecule has 1 aromatic heterocycles. The van der Waals surface area contributed by atoms with E-state index in [0.29, 0.717) is 42.1 Å². The Bertz CT molecular complexity index is 906. The maximum absolute atomic E-state index is 12.7. The van der Waals surface area contributed by atoms with Crippen molar-refractivity contribution in [3.8, 4) is 22.8 Å². The van der Waals surface area contributed by atoms with Gasteiger partial charge >= 0.3 is 6.36 Å². The predicted molar refractivity (Wildman–Crippen MR) is 116 cm³/mol. The van der Waals surface area contributed by atoms with Crippen molar-refractivity contribution in [3.63, 3.8) is 0 Å². The number of hydrogen-bond acceptors (Lipinski definition) is 6. The molecule has 2 heterocycles. The highest BCUT2D eigenvalue weighted by Crippen LogP contribution is 2.40. The average molecular weight is 454 g/mol. The Labute approximate surface area is 186 Å². The molecule has 0 unspecified atom stereocenters. The van der Waals surface area contributed by atoms with Crippen LogP contribution in [0.2, 0.25) is 0 Å². The number of unbranched alkanes of at least 4 members (excludes halogenated alkanes) is 2. The molecule has 176 valence electrons. The molecule has 0 amide bonds. The van der Waals surface area contributed by atoms with Crippen LogP contribution in [-0.2, 0) is 17.8 Å². The highest BCUT2D eigenvalue weighted by molar-refractivity contribution is 5.75. The molecule has 0 bridgehead atoms. The van der Waals surface area contributed by atoms with Gasteiger partial charge < -0.3 is 19.9 Å². The van der Waals surface area contributed by atoms with Gasteiger partial charge in [-0.05, 0) is 48.9 Å². The Hall–Kier alpha value is -2.55. The van der Waals surface area contributed by atoms with Crippen molar-refractivity contribution >= 4 is 5.82 Å². The third-order valence-corrected chi connectivity index (χ3v) is 5.51. The second-order valence-electron chi connectivity index (χ2n) is 8.03. The number of alkyl halides is 3. The number of phenols is 1. The molecule has 0 aliphatic carbocycles. The first kappa shape index (κ1) is 24.1. The van der Waals surface area contributed by atoms with Crippen molar-refractivity contribution in [3.05, 3.63) is 29.3 Å². The zero-order chi connectivity index (χ0) is 23.1. The van der Waals surface area contributed by atoms with Gasteiger partial charge in [-0.15, -0.1) is 23.4 Å². The zero-order valence-electron chi connectivity index (χ0n) is 18.5. The number of ether oxygens (including phenoxy) is 2. The fraction of sp³-hybridized carbons (Fsp3) is 0.565. The Morgan fingerprint density at radius 1 is 1.16 bits per heavy atom. The van der Waals surface area contributed by atoms with Gasteiger partial charge in [-0.3, -0.25) is 0 Å². The molecular weight excluding hydrogens is 423 g/mol. The summed E-state index contributed by atoms with van der Waals surface area (Å²) >= 11 is 0. The molecule has 2 N–H and O–H groups in total. The third kappa shape index (κ3) is 6.48. The summed E-state index contributed by atoms with van der Waals surface area (Å²) in [6.45, 7) is 4.77. The van der Waals surface area contributed by atoms with Gasteiger partial charge in [-0.1, -0.05) is 33.1 Å². The molecule has 6 nitrogen and oxygen atoms in total. The van der Waals surface area contributed by atoms with Gasteiger partial charge in [0.15, 0.2) is 0 Å². The number of aromatic hydroxyl groups is 1. The van der Waals surface area contributed by atoms with Crippen LogP contribution in [0.3, 0.4) is 0 Å². The number of phenolic OH excluding ortho intramolecular Hbond substituents is 1. The van der Waals surface area contributed by atoms with Crippen LogP contribution >= 0.6 is 0 Å². The number of anilines is 1. The molecule has 9 heteroatoms. The van der Waals surface area contributed by atoms with Crippen molar-refractivity contribution in [2.24, 2.45) is 0 Å². The molecule has 1 atom stereocenters. The highest BCUT2D eigenvalue weighted by Gasteiger charge is 2.32. The van der Waals surface area contributed by atoms with E-state index in [1.165, 1.54) is 12.5 Å². The van der Waals surface area contributed by atoms with Crippen LogP contribution in [0.4, 0.5) is 19.0 Å². The minimum absolute atomic E-state index is 0.0361. The number of rotatable bonds is 8. The number of benzene rings is 1. The van der Waals surface area contributed by atoms with E-state index in [1.807, 2.05) is 6.07 Å². The summed E-state index contributed by atoms with van der Waals surface area (Å²) in [5, 5.41) is 22.7. The highest BCUT2D eigenvalue weighted by atomic mass is 19.4. The summed E-state index contributed by atoms with van der Waals surface area (Å²) < 4.78 is 47.6. The summed E-state index contributed by atoms with van der Waals surface area (Å²) in [5.41, 5.74) is 2.00. The SMILES string of the molecule is CCCCC[C@H](CC)Nc1cc2c(nn1)-c1c(O)cc(OC(F)(F)F)cc1COCCC2. The molecular formula is C23H30F3N3O3. The predicted octanol–water partition coefficient (Wildman–Crippen LogP) is 5.98. The van der Waals surface area contributed by atoms with E-state index >= 15 is 0 Å². The number of aryl methyl sites for hydroxylation is 1. The summed E-state index contributed by atoms with van der Waals surface area (Å²) in [4.78, 5) is 0. The first-order valence-electron chi connectivity index (χ1n) is 11.1. The van der Waals surface area contributed by atoms with Crippen LogP contribution in [0.1, 0.15) is 63.5 Å². The topological polar surface area (TPSA) is 76.5 Å². The number of nitrogens with zero attached hydrogens (tertiary/aromatic N) is 2. The van der Waals surface area contributed by atoms with Gasteiger partial charge in [0.1, 0.15) is 23.0 Å². The molecule has 3 rings (SSSR count). The lowest BCUT2D eigenvalue weighted by molar-refractivity contribution is -0.274. The van der Waals surface area contributed by atoms with E-state index in [4.69, 9.17) is 4.74 Å². The van der Waals surface area contributed by atoms with Crippen LogP contribution < -0.4 is 10.1 Å². The maximum atomic E-state index is 12.7. The fourth-order valence-electron chi connectivity index (χ4n) is 3.91. The maximum Gasteiger partial charge on any atom is 0.573 e. The van der Waals surface area contributed by atoms with E-state index < -0.39 is 12.1 Å². The monoisotopic (exact) mass is 453 g/mol. The van der Waals surface area contributed by atoms with Crippen LogP contribution in [0.15, 0.2) is 18.2 Å². The second-order valence-corrected chi connectivity index (χ2v) is 8.03. The number of halogens is 3. The van der Waals surface area contributed by atoms with E-state index in [1.54, 1.807) is 0 Å². The van der Waals surface area contributed by atoms with Crippen molar-refractivity contribution in [1.82, 2.24) is 10.2 Å². The van der Waals surface area contributed by atoms with E-state index in [2.05, 4.69) is 34.1 Å². The Morgan fingerprint density at radius 2 is 1.97 bits per heavy atom. The molecule has 32 heavy (non-hydrogen) atoms. The van der Waals surface area contributed by atoms with Gasteiger partial charge in [0.05, 0.1) is 6.61 Å². The molecule has 0 saturated heterocycles. The number of fused-ring (bicyclic) bond motifs is 3. The molecule has 0 saturated carbocycles. The number of nitrogens with one attached hydrogen (secondary N) is 1. The smallest absolute Gasteiger partial charge is 0.507 e. The van der Waals surface area contributed by atoms with Gasteiger partial charge in [-0.2, -0.15) is 0 Å². The molecule has 0 radical (unpaired) electrons. The number of aromatic nitrogens is 2. The fourth-order valence-corrected chi connectivity index (χ4v) is 3.91. The zero-order valence-corrected chi connectivity index (χ0v) is 18.5. The lowest BCUT2D eigenvalue weighted by Crippen LogP contribution is -2.19. The van der Waals surface area contributed by atoms with Gasteiger partial charge in [0.2, 0.25) is 0 Å². The molecule has 1 aliphatic heterocycles. The minimum Gasteiger partial charge on any atom is -0.507 e. The average Bonchev–Trinajstić information content (AvgIpc) is 2.80. The Kier molecular flexibility index (Phi) is 8.17. The summed E-state index contributed by atoms with van der Waals surface area (Å²) in [6.07, 6.45) is 2.00. The minimum atomic E-state index is -4.86. The Morgan fingerprint density at radius 3 is 2.69 bits per heavy atom. The molecule has 0 fully saturated rings.